The normalized spacial score (nSPS) is 10.6. The average molecular weight is 400 g/mol. The van der Waals surface area contributed by atoms with Gasteiger partial charge in [0.15, 0.2) is 12.4 Å². The van der Waals surface area contributed by atoms with E-state index in [1.54, 1.807) is 23.1 Å². The number of rotatable bonds is 5. The number of anilines is 2. The molecule has 4 rings (SSSR count). The van der Waals surface area contributed by atoms with Gasteiger partial charge in [-0.15, -0.1) is 5.10 Å². The van der Waals surface area contributed by atoms with Crippen LogP contribution >= 0.6 is 0 Å². The number of hydrogen-bond acceptors (Lipinski definition) is 7. The van der Waals surface area contributed by atoms with Crippen molar-refractivity contribution >= 4 is 22.5 Å². The lowest BCUT2D eigenvalue weighted by Crippen LogP contribution is -2.14. The summed E-state index contributed by atoms with van der Waals surface area (Å²) in [7, 11) is 1.83. The second-order valence-corrected chi connectivity index (χ2v) is 6.61. The number of benzene rings is 2. The molecule has 0 fully saturated rings. The van der Waals surface area contributed by atoms with Crippen molar-refractivity contribution in [1.82, 2.24) is 20.2 Å². The molecular weight excluding hydrogens is 383 g/mol. The van der Waals surface area contributed by atoms with Gasteiger partial charge >= 0.3 is 0 Å². The molecule has 2 heterocycles. The lowest BCUT2D eigenvalue weighted by Gasteiger charge is -2.19. The number of halogens is 1. The zero-order valence-corrected chi connectivity index (χ0v) is 16.4. The molecule has 7 nitrogen and oxygen atoms in total. The van der Waals surface area contributed by atoms with Crippen molar-refractivity contribution in [2.24, 2.45) is 0 Å². The third-order valence-corrected chi connectivity index (χ3v) is 4.60. The van der Waals surface area contributed by atoms with Crippen molar-refractivity contribution in [2.75, 3.05) is 18.6 Å². The Kier molecular flexibility index (Phi) is 5.18. The van der Waals surface area contributed by atoms with Crippen LogP contribution < -0.4 is 9.64 Å². The van der Waals surface area contributed by atoms with Crippen molar-refractivity contribution in [3.8, 4) is 22.9 Å². The van der Waals surface area contributed by atoms with Crippen LogP contribution in [0.25, 0.3) is 22.0 Å². The van der Waals surface area contributed by atoms with Crippen LogP contribution in [0.1, 0.15) is 5.69 Å². The van der Waals surface area contributed by atoms with Gasteiger partial charge in [-0.25, -0.2) is 14.4 Å². The molecule has 0 aliphatic heterocycles. The first kappa shape index (κ1) is 19.2. The minimum atomic E-state index is -0.317. The fourth-order valence-electron chi connectivity index (χ4n) is 3.10. The first-order chi connectivity index (χ1) is 14.6. The van der Waals surface area contributed by atoms with E-state index in [9.17, 15) is 4.39 Å². The van der Waals surface area contributed by atoms with Crippen molar-refractivity contribution < 1.29 is 9.13 Å². The van der Waals surface area contributed by atoms with Crippen molar-refractivity contribution in [3.63, 3.8) is 0 Å². The highest BCUT2D eigenvalue weighted by Crippen LogP contribution is 2.36. The summed E-state index contributed by atoms with van der Waals surface area (Å²) in [6.07, 6.45) is 1.44. The van der Waals surface area contributed by atoms with Gasteiger partial charge in [-0.1, -0.05) is 12.1 Å². The van der Waals surface area contributed by atoms with Gasteiger partial charge in [0, 0.05) is 12.4 Å². The molecule has 0 amide bonds. The Balaban J connectivity index is 1.91. The molecule has 0 bridgehead atoms. The molecule has 0 unspecified atom stereocenters. The lowest BCUT2D eigenvalue weighted by atomic mass is 10.0. The van der Waals surface area contributed by atoms with Crippen molar-refractivity contribution in [1.29, 1.82) is 5.26 Å². The Labute approximate surface area is 172 Å². The Morgan fingerprint density at radius 3 is 2.53 bits per heavy atom. The van der Waals surface area contributed by atoms with Gasteiger partial charge in [-0.3, -0.25) is 0 Å². The number of aryl methyl sites for hydroxylation is 1. The molecule has 0 spiro atoms. The van der Waals surface area contributed by atoms with E-state index in [1.165, 1.54) is 18.5 Å². The highest BCUT2D eigenvalue weighted by Gasteiger charge is 2.17. The molecule has 2 aromatic carbocycles. The topological polar surface area (TPSA) is 87.8 Å². The molecule has 0 aliphatic rings. The van der Waals surface area contributed by atoms with Crippen LogP contribution in [0.3, 0.4) is 0 Å². The molecular formula is C22H17FN6O. The van der Waals surface area contributed by atoms with Gasteiger partial charge in [0.05, 0.1) is 5.69 Å². The highest BCUT2D eigenvalue weighted by atomic mass is 19.1. The summed E-state index contributed by atoms with van der Waals surface area (Å²) in [5.74, 6) is 1.35. The fraction of sp³-hybridized carbons (Fsp3) is 0.136. The summed E-state index contributed by atoms with van der Waals surface area (Å²) < 4.78 is 19.0. The quantitative estimate of drug-likeness (QED) is 0.496. The zero-order chi connectivity index (χ0) is 21.1. The summed E-state index contributed by atoms with van der Waals surface area (Å²) >= 11 is 0. The number of fused-ring (bicyclic) bond motifs is 1. The van der Waals surface area contributed by atoms with Gasteiger partial charge in [-0.2, -0.15) is 10.4 Å². The molecule has 0 N–H and O–H groups in total. The number of nitrogens with zero attached hydrogens (tertiary/aromatic N) is 6. The second kappa shape index (κ2) is 8.09. The van der Waals surface area contributed by atoms with Crippen molar-refractivity contribution in [3.05, 3.63) is 66.4 Å². The molecule has 148 valence electrons. The molecule has 0 saturated carbocycles. The van der Waals surface area contributed by atoms with E-state index in [0.717, 1.165) is 16.8 Å². The van der Waals surface area contributed by atoms with E-state index in [4.69, 9.17) is 10.00 Å². The van der Waals surface area contributed by atoms with Gasteiger partial charge in [-0.05, 0) is 54.4 Å². The fourth-order valence-corrected chi connectivity index (χ4v) is 3.10. The average Bonchev–Trinajstić information content (AvgIpc) is 2.77. The van der Waals surface area contributed by atoms with Crippen LogP contribution in [-0.2, 0) is 0 Å². The monoisotopic (exact) mass is 400 g/mol. The molecule has 30 heavy (non-hydrogen) atoms. The number of ether oxygens (including phenoxy) is 1. The number of aromatic nitrogens is 4. The van der Waals surface area contributed by atoms with E-state index in [0.29, 0.717) is 28.3 Å². The predicted octanol–water partition coefficient (Wildman–Crippen LogP) is 4.20. The Morgan fingerprint density at radius 2 is 1.83 bits per heavy atom. The summed E-state index contributed by atoms with van der Waals surface area (Å²) in [5, 5.41) is 18.0. The third-order valence-electron chi connectivity index (χ3n) is 4.60. The molecule has 0 aliphatic carbocycles. The van der Waals surface area contributed by atoms with E-state index in [1.807, 2.05) is 38.2 Å². The van der Waals surface area contributed by atoms with Gasteiger partial charge in [0.1, 0.15) is 35.3 Å². The minimum absolute atomic E-state index is 0.124. The largest absolute Gasteiger partial charge is 0.476 e. The minimum Gasteiger partial charge on any atom is -0.476 e. The molecule has 2 aromatic heterocycles. The van der Waals surface area contributed by atoms with Gasteiger partial charge < -0.3 is 9.64 Å². The van der Waals surface area contributed by atoms with E-state index in [2.05, 4.69) is 20.2 Å². The summed E-state index contributed by atoms with van der Waals surface area (Å²) in [6, 6.07) is 15.6. The Bertz CT molecular complexity index is 1240. The molecule has 0 atom stereocenters. The van der Waals surface area contributed by atoms with E-state index in [-0.39, 0.29) is 12.4 Å². The van der Waals surface area contributed by atoms with Gasteiger partial charge in [0.2, 0.25) is 0 Å². The maximum absolute atomic E-state index is 13.4. The van der Waals surface area contributed by atoms with Gasteiger partial charge in [0.25, 0.3) is 0 Å². The van der Waals surface area contributed by atoms with E-state index < -0.39 is 0 Å². The lowest BCUT2D eigenvalue weighted by molar-refractivity contribution is 0.372. The summed E-state index contributed by atoms with van der Waals surface area (Å²) in [5.41, 5.74) is 2.96. The van der Waals surface area contributed by atoms with Crippen molar-refractivity contribution in [2.45, 2.75) is 6.92 Å². The molecule has 4 aromatic rings. The number of hydrogen-bond donors (Lipinski definition) is 0. The summed E-state index contributed by atoms with van der Waals surface area (Å²) in [6.45, 7) is 1.74. The SMILES string of the molecule is Cc1ccc(N(C)c2ncnc3c(OCC#N)cc(-c4ccc(F)cc4)cc23)nn1. The Hall–Kier alpha value is -4.12. The van der Waals surface area contributed by atoms with Crippen LogP contribution in [-0.4, -0.2) is 33.8 Å². The smallest absolute Gasteiger partial charge is 0.174 e. The van der Waals surface area contributed by atoms with Crippen LogP contribution in [0.2, 0.25) is 0 Å². The molecule has 0 radical (unpaired) electrons. The predicted molar refractivity (Wildman–Crippen MR) is 111 cm³/mol. The standard InChI is InChI=1S/C22H17FN6O/c1-14-3-8-20(28-27-14)29(2)22-18-11-16(15-4-6-17(23)7-5-15)12-19(30-10-9-24)21(18)25-13-26-22/h3-8,11-13H,10H2,1-2H3. The number of nitriles is 1. The first-order valence-electron chi connectivity index (χ1n) is 9.15. The highest BCUT2D eigenvalue weighted by molar-refractivity contribution is 5.97. The Morgan fingerprint density at radius 1 is 1.03 bits per heavy atom. The third kappa shape index (κ3) is 3.73. The first-order valence-corrected chi connectivity index (χ1v) is 9.15. The van der Waals surface area contributed by atoms with Crippen LogP contribution in [0.5, 0.6) is 5.75 Å². The van der Waals surface area contributed by atoms with Crippen LogP contribution in [0.4, 0.5) is 16.0 Å². The maximum atomic E-state index is 13.4. The van der Waals surface area contributed by atoms with Crippen LogP contribution in [0, 0.1) is 24.1 Å². The maximum Gasteiger partial charge on any atom is 0.174 e. The van der Waals surface area contributed by atoms with Crippen LogP contribution in [0.15, 0.2) is 54.9 Å². The summed E-state index contributed by atoms with van der Waals surface area (Å²) in [4.78, 5) is 10.6. The molecule has 0 saturated heterocycles. The second-order valence-electron chi connectivity index (χ2n) is 6.61. The molecule has 8 heteroatoms. The van der Waals surface area contributed by atoms with E-state index >= 15 is 0 Å². The zero-order valence-electron chi connectivity index (χ0n) is 16.4.